The maximum atomic E-state index is 12.0. The van der Waals surface area contributed by atoms with Crippen LogP contribution in [-0.4, -0.2) is 8.42 Å². The van der Waals surface area contributed by atoms with Gasteiger partial charge < -0.3 is 0 Å². The summed E-state index contributed by atoms with van der Waals surface area (Å²) in [6, 6.07) is 12.8. The topological polar surface area (TPSA) is 46.2 Å². The Morgan fingerprint density at radius 1 is 0.944 bits per heavy atom. The lowest BCUT2D eigenvalue weighted by atomic mass is 10.2. The van der Waals surface area contributed by atoms with Gasteiger partial charge in [0.1, 0.15) is 0 Å². The second-order valence-corrected chi connectivity index (χ2v) is 5.88. The van der Waals surface area contributed by atoms with Gasteiger partial charge in [-0.2, -0.15) is 0 Å². The van der Waals surface area contributed by atoms with Gasteiger partial charge in [-0.15, -0.1) is 0 Å². The molecule has 0 bridgehead atoms. The number of nitrogens with one attached hydrogen (secondary N) is 1. The van der Waals surface area contributed by atoms with Gasteiger partial charge in [-0.05, 0) is 48.9 Å². The highest BCUT2D eigenvalue weighted by molar-refractivity contribution is 7.92. The molecule has 0 aliphatic rings. The second-order valence-electron chi connectivity index (χ2n) is 3.76. The van der Waals surface area contributed by atoms with Gasteiger partial charge in [0.15, 0.2) is 0 Å². The molecule has 2 aromatic rings. The first-order chi connectivity index (χ1) is 8.47. The summed E-state index contributed by atoms with van der Waals surface area (Å²) in [7, 11) is -3.57. The van der Waals surface area contributed by atoms with E-state index in [9.17, 15) is 8.42 Å². The normalized spacial score (nSPS) is 11.2. The van der Waals surface area contributed by atoms with Crippen LogP contribution in [0.2, 0.25) is 5.02 Å². The van der Waals surface area contributed by atoms with Gasteiger partial charge in [0.25, 0.3) is 10.0 Å². The minimum atomic E-state index is -3.57. The predicted molar refractivity (Wildman–Crippen MR) is 73.2 cm³/mol. The molecule has 0 aromatic heterocycles. The van der Waals surface area contributed by atoms with E-state index < -0.39 is 10.0 Å². The molecule has 5 heteroatoms. The molecule has 0 aliphatic carbocycles. The Morgan fingerprint density at radius 2 is 1.50 bits per heavy atom. The number of hydrogen-bond donors (Lipinski definition) is 1. The molecule has 2 aromatic carbocycles. The van der Waals surface area contributed by atoms with Gasteiger partial charge in [-0.3, -0.25) is 4.72 Å². The fourth-order valence-electron chi connectivity index (χ4n) is 1.40. The van der Waals surface area contributed by atoms with Gasteiger partial charge in [0.05, 0.1) is 4.90 Å². The van der Waals surface area contributed by atoms with E-state index in [2.05, 4.69) is 11.6 Å². The monoisotopic (exact) mass is 280 g/mol. The van der Waals surface area contributed by atoms with Crippen LogP contribution in [0.15, 0.2) is 53.4 Å². The predicted octanol–water partition coefficient (Wildman–Crippen LogP) is 3.32. The molecule has 0 aliphatic heterocycles. The maximum Gasteiger partial charge on any atom is 0.261 e. The zero-order chi connectivity index (χ0) is 13.2. The quantitative estimate of drug-likeness (QED) is 0.937. The molecule has 2 rings (SSSR count). The average Bonchev–Trinajstić information content (AvgIpc) is 2.32. The molecule has 0 spiro atoms. The number of rotatable bonds is 3. The van der Waals surface area contributed by atoms with Crippen LogP contribution in [0.4, 0.5) is 5.69 Å². The number of sulfonamides is 1. The Hall–Kier alpha value is -1.52. The highest BCUT2D eigenvalue weighted by Gasteiger charge is 2.13. The molecule has 93 valence electrons. The summed E-state index contributed by atoms with van der Waals surface area (Å²) in [6.07, 6.45) is 0. The second kappa shape index (κ2) is 5.00. The van der Waals surface area contributed by atoms with Gasteiger partial charge in [0.2, 0.25) is 0 Å². The molecule has 3 nitrogen and oxygen atoms in total. The van der Waals surface area contributed by atoms with E-state index >= 15 is 0 Å². The van der Waals surface area contributed by atoms with Crippen LogP contribution in [-0.2, 0) is 10.0 Å². The van der Waals surface area contributed by atoms with E-state index in [0.29, 0.717) is 10.7 Å². The third-order valence-electron chi connectivity index (χ3n) is 2.33. The summed E-state index contributed by atoms with van der Waals surface area (Å²) in [4.78, 5) is 0.172. The number of benzene rings is 2. The van der Waals surface area contributed by atoms with Crippen molar-refractivity contribution >= 4 is 27.3 Å². The molecule has 0 amide bonds. The van der Waals surface area contributed by atoms with Crippen molar-refractivity contribution in [3.63, 3.8) is 0 Å². The zero-order valence-electron chi connectivity index (χ0n) is 9.43. The lowest BCUT2D eigenvalue weighted by molar-refractivity contribution is 0.601. The van der Waals surface area contributed by atoms with Crippen molar-refractivity contribution in [2.45, 2.75) is 4.90 Å². The Bertz CT molecular complexity index is 634. The van der Waals surface area contributed by atoms with Gasteiger partial charge in [0, 0.05) is 10.7 Å². The van der Waals surface area contributed by atoms with Gasteiger partial charge >= 0.3 is 0 Å². The number of anilines is 1. The van der Waals surface area contributed by atoms with Crippen molar-refractivity contribution in [3.8, 4) is 0 Å². The standard InChI is InChI=1S/C13H11ClNO2S/c1-10-2-6-12(7-3-10)15-18(16,17)13-8-4-11(14)5-9-13/h2-9,15H,1H2. The first-order valence-corrected chi connectivity index (χ1v) is 7.04. The van der Waals surface area contributed by atoms with Crippen LogP contribution in [0.1, 0.15) is 5.56 Å². The molecule has 1 N–H and O–H groups in total. The highest BCUT2D eigenvalue weighted by atomic mass is 35.5. The molecule has 0 unspecified atom stereocenters. The Labute approximate surface area is 111 Å². The molecule has 1 radical (unpaired) electrons. The number of hydrogen-bond acceptors (Lipinski definition) is 2. The minimum absolute atomic E-state index is 0.172. The van der Waals surface area contributed by atoms with Gasteiger partial charge in [-0.1, -0.05) is 23.7 Å². The van der Waals surface area contributed by atoms with Crippen molar-refractivity contribution in [2.24, 2.45) is 0 Å². The van der Waals surface area contributed by atoms with E-state index in [0.717, 1.165) is 5.56 Å². The zero-order valence-corrected chi connectivity index (χ0v) is 11.0. The Morgan fingerprint density at radius 3 is 2.06 bits per heavy atom. The van der Waals surface area contributed by atoms with Crippen molar-refractivity contribution in [1.82, 2.24) is 0 Å². The maximum absolute atomic E-state index is 12.0. The summed E-state index contributed by atoms with van der Waals surface area (Å²) < 4.78 is 26.5. The van der Waals surface area contributed by atoms with E-state index in [-0.39, 0.29) is 4.90 Å². The minimum Gasteiger partial charge on any atom is -0.280 e. The Balaban J connectivity index is 2.27. The third kappa shape index (κ3) is 3.03. The van der Waals surface area contributed by atoms with Crippen LogP contribution in [0, 0.1) is 6.92 Å². The van der Waals surface area contributed by atoms with Crippen LogP contribution >= 0.6 is 11.6 Å². The molecule has 0 fully saturated rings. The van der Waals surface area contributed by atoms with Crippen LogP contribution in [0.25, 0.3) is 0 Å². The van der Waals surface area contributed by atoms with Crippen molar-refractivity contribution in [2.75, 3.05) is 4.72 Å². The summed E-state index contributed by atoms with van der Waals surface area (Å²) in [5.74, 6) is 0. The summed E-state index contributed by atoms with van der Waals surface area (Å²) >= 11 is 5.72. The fourth-order valence-corrected chi connectivity index (χ4v) is 2.59. The van der Waals surface area contributed by atoms with E-state index in [1.807, 2.05) is 0 Å². The molecule has 0 saturated heterocycles. The molecule has 18 heavy (non-hydrogen) atoms. The SMILES string of the molecule is [CH2]c1ccc(NS(=O)(=O)c2ccc(Cl)cc2)cc1. The number of halogens is 1. The summed E-state index contributed by atoms with van der Waals surface area (Å²) in [6.45, 7) is 3.73. The highest BCUT2D eigenvalue weighted by Crippen LogP contribution is 2.18. The van der Waals surface area contributed by atoms with E-state index in [1.54, 1.807) is 24.3 Å². The lowest BCUT2D eigenvalue weighted by Crippen LogP contribution is -2.12. The summed E-state index contributed by atoms with van der Waals surface area (Å²) in [5, 5.41) is 0.496. The Kier molecular flexibility index (Phi) is 3.59. The van der Waals surface area contributed by atoms with Crippen LogP contribution in [0.3, 0.4) is 0 Å². The first-order valence-electron chi connectivity index (χ1n) is 5.18. The molecular weight excluding hydrogens is 270 g/mol. The molecule has 0 saturated carbocycles. The van der Waals surface area contributed by atoms with Crippen molar-refractivity contribution in [3.05, 3.63) is 66.0 Å². The van der Waals surface area contributed by atoms with Crippen LogP contribution < -0.4 is 4.72 Å². The lowest BCUT2D eigenvalue weighted by Gasteiger charge is -2.08. The molecule has 0 heterocycles. The van der Waals surface area contributed by atoms with Crippen molar-refractivity contribution in [1.29, 1.82) is 0 Å². The third-order valence-corrected chi connectivity index (χ3v) is 3.98. The smallest absolute Gasteiger partial charge is 0.261 e. The van der Waals surface area contributed by atoms with Crippen molar-refractivity contribution < 1.29 is 8.42 Å². The van der Waals surface area contributed by atoms with E-state index in [1.165, 1.54) is 24.3 Å². The average molecular weight is 281 g/mol. The molecule has 0 atom stereocenters. The van der Waals surface area contributed by atoms with Gasteiger partial charge in [-0.25, -0.2) is 8.42 Å². The summed E-state index contributed by atoms with van der Waals surface area (Å²) in [5.41, 5.74) is 1.32. The molecular formula is C13H11ClNO2S. The van der Waals surface area contributed by atoms with E-state index in [4.69, 9.17) is 11.6 Å². The largest absolute Gasteiger partial charge is 0.280 e. The van der Waals surface area contributed by atoms with Crippen LogP contribution in [0.5, 0.6) is 0 Å². The fraction of sp³-hybridized carbons (Fsp3) is 0. The first kappa shape index (κ1) is 12.9.